The van der Waals surface area contributed by atoms with Gasteiger partial charge in [0, 0.05) is 0 Å². The maximum Gasteiger partial charge on any atom is -0.0162 e. The zero-order valence-corrected chi connectivity index (χ0v) is 19.9. The van der Waals surface area contributed by atoms with Crippen LogP contribution in [0.4, 0.5) is 0 Å². The molecule has 1 saturated carbocycles. The maximum atomic E-state index is 2.52. The van der Waals surface area contributed by atoms with Crippen molar-refractivity contribution < 1.29 is 0 Å². The van der Waals surface area contributed by atoms with Gasteiger partial charge in [-0.15, -0.1) is 0 Å². The van der Waals surface area contributed by atoms with Crippen LogP contribution < -0.4 is 0 Å². The minimum atomic E-state index is 0.781. The molecule has 2 aliphatic carbocycles. The monoisotopic (exact) mass is 414 g/mol. The molecule has 4 rings (SSSR count). The number of rotatable bonds is 8. The van der Waals surface area contributed by atoms with Gasteiger partial charge in [-0.25, -0.2) is 0 Å². The third-order valence-electron chi connectivity index (χ3n) is 8.00. The molecule has 2 aromatic rings. The van der Waals surface area contributed by atoms with Gasteiger partial charge in [0.1, 0.15) is 0 Å². The first-order valence-electron chi connectivity index (χ1n) is 13.2. The van der Waals surface area contributed by atoms with Crippen LogP contribution in [0.15, 0.2) is 54.6 Å². The quantitative estimate of drug-likeness (QED) is 0.403. The van der Waals surface area contributed by atoms with Crippen LogP contribution in [0.3, 0.4) is 0 Å². The fourth-order valence-corrected chi connectivity index (χ4v) is 5.92. The fraction of sp³-hybridized carbons (Fsp3) is 0.548. The Morgan fingerprint density at radius 1 is 0.645 bits per heavy atom. The first kappa shape index (κ1) is 22.4. The summed E-state index contributed by atoms with van der Waals surface area (Å²) in [6.45, 7) is 4.63. The molecule has 31 heavy (non-hydrogen) atoms. The molecule has 0 saturated heterocycles. The molecule has 0 spiro atoms. The highest BCUT2D eigenvalue weighted by atomic mass is 14.3. The second-order valence-corrected chi connectivity index (χ2v) is 10.2. The van der Waals surface area contributed by atoms with Gasteiger partial charge >= 0.3 is 0 Å². The van der Waals surface area contributed by atoms with E-state index in [0.717, 1.165) is 17.8 Å². The molecule has 2 aromatic carbocycles. The molecule has 0 radical (unpaired) electrons. The molecular formula is C31H42. The smallest absolute Gasteiger partial charge is 0.0162 e. The Balaban J connectivity index is 1.35. The van der Waals surface area contributed by atoms with Crippen molar-refractivity contribution in [1.29, 1.82) is 0 Å². The predicted octanol–water partition coefficient (Wildman–Crippen LogP) is 9.80. The Kier molecular flexibility index (Phi) is 8.06. The Morgan fingerprint density at radius 3 is 1.87 bits per heavy atom. The van der Waals surface area contributed by atoms with Crippen molar-refractivity contribution in [3.63, 3.8) is 0 Å². The lowest BCUT2D eigenvalue weighted by atomic mass is 9.77. The van der Waals surface area contributed by atoms with Crippen molar-refractivity contribution in [2.45, 2.75) is 96.8 Å². The van der Waals surface area contributed by atoms with Crippen LogP contribution in [0.2, 0.25) is 0 Å². The molecule has 0 aliphatic heterocycles. The van der Waals surface area contributed by atoms with Crippen LogP contribution >= 0.6 is 0 Å². The molecule has 0 nitrogen and oxygen atoms in total. The highest BCUT2D eigenvalue weighted by Crippen LogP contribution is 2.38. The van der Waals surface area contributed by atoms with Crippen LogP contribution in [0.1, 0.15) is 108 Å². The van der Waals surface area contributed by atoms with E-state index in [2.05, 4.69) is 68.5 Å². The van der Waals surface area contributed by atoms with Crippen molar-refractivity contribution in [3.8, 4) is 11.1 Å². The van der Waals surface area contributed by atoms with Gasteiger partial charge in [-0.3, -0.25) is 0 Å². The van der Waals surface area contributed by atoms with Gasteiger partial charge in [-0.2, -0.15) is 0 Å². The van der Waals surface area contributed by atoms with E-state index in [1.165, 1.54) is 93.7 Å². The van der Waals surface area contributed by atoms with Crippen molar-refractivity contribution in [3.05, 3.63) is 65.7 Å². The number of hydrogen-bond acceptors (Lipinski definition) is 0. The third-order valence-corrected chi connectivity index (χ3v) is 8.00. The Labute approximate surface area is 191 Å². The largest absolute Gasteiger partial charge is 0.0804 e. The predicted molar refractivity (Wildman–Crippen MR) is 136 cm³/mol. The van der Waals surface area contributed by atoms with Gasteiger partial charge in [0.25, 0.3) is 0 Å². The third kappa shape index (κ3) is 5.91. The van der Waals surface area contributed by atoms with Crippen LogP contribution in [0, 0.1) is 11.8 Å². The molecule has 0 heterocycles. The summed E-state index contributed by atoms with van der Waals surface area (Å²) in [4.78, 5) is 0. The van der Waals surface area contributed by atoms with E-state index in [9.17, 15) is 0 Å². The van der Waals surface area contributed by atoms with Gasteiger partial charge in [-0.05, 0) is 90.5 Å². The lowest BCUT2D eigenvalue weighted by Gasteiger charge is -2.28. The number of benzene rings is 2. The van der Waals surface area contributed by atoms with E-state index in [1.807, 2.05) is 0 Å². The second-order valence-electron chi connectivity index (χ2n) is 10.2. The summed E-state index contributed by atoms with van der Waals surface area (Å²) in [7, 11) is 0. The summed E-state index contributed by atoms with van der Waals surface area (Å²) < 4.78 is 0. The summed E-state index contributed by atoms with van der Waals surface area (Å²) in [5.41, 5.74) is 7.25. The molecule has 1 fully saturated rings. The van der Waals surface area contributed by atoms with Gasteiger partial charge in [0.05, 0.1) is 0 Å². The van der Waals surface area contributed by atoms with Crippen molar-refractivity contribution in [2.24, 2.45) is 11.8 Å². The van der Waals surface area contributed by atoms with Crippen molar-refractivity contribution in [1.82, 2.24) is 0 Å². The van der Waals surface area contributed by atoms with Crippen molar-refractivity contribution >= 4 is 5.57 Å². The van der Waals surface area contributed by atoms with Crippen LogP contribution in [0.5, 0.6) is 0 Å². The lowest BCUT2D eigenvalue weighted by molar-refractivity contribution is 0.308. The second kappa shape index (κ2) is 11.2. The van der Waals surface area contributed by atoms with E-state index >= 15 is 0 Å². The van der Waals surface area contributed by atoms with Crippen molar-refractivity contribution in [2.75, 3.05) is 0 Å². The molecule has 166 valence electrons. The van der Waals surface area contributed by atoms with Crippen LogP contribution in [-0.4, -0.2) is 0 Å². The van der Waals surface area contributed by atoms with E-state index in [0.29, 0.717) is 0 Å². The Bertz CT molecular complexity index is 815. The van der Waals surface area contributed by atoms with E-state index in [4.69, 9.17) is 0 Å². The minimum Gasteiger partial charge on any atom is -0.0804 e. The summed E-state index contributed by atoms with van der Waals surface area (Å²) in [5.74, 6) is 2.69. The maximum absolute atomic E-state index is 2.52. The number of allylic oxidation sites excluding steroid dienone is 2. The van der Waals surface area contributed by atoms with Crippen LogP contribution in [-0.2, 0) is 0 Å². The van der Waals surface area contributed by atoms with E-state index < -0.39 is 0 Å². The molecule has 1 atom stereocenters. The minimum absolute atomic E-state index is 0.781. The first-order valence-corrected chi connectivity index (χ1v) is 13.2. The Hall–Kier alpha value is -1.82. The van der Waals surface area contributed by atoms with Gasteiger partial charge in [-0.1, -0.05) is 101 Å². The van der Waals surface area contributed by atoms with E-state index in [1.54, 1.807) is 11.1 Å². The highest BCUT2D eigenvalue weighted by molar-refractivity contribution is 5.71. The van der Waals surface area contributed by atoms with Gasteiger partial charge < -0.3 is 0 Å². The zero-order chi connectivity index (χ0) is 21.5. The summed E-state index contributed by atoms with van der Waals surface area (Å²) >= 11 is 0. The molecule has 2 aliphatic rings. The average Bonchev–Trinajstić information content (AvgIpc) is 2.84. The molecule has 0 aromatic heterocycles. The van der Waals surface area contributed by atoms with Gasteiger partial charge in [0.15, 0.2) is 0 Å². The lowest BCUT2D eigenvalue weighted by Crippen LogP contribution is -2.13. The molecule has 0 N–H and O–H groups in total. The first-order chi connectivity index (χ1) is 15.3. The summed E-state index contributed by atoms with van der Waals surface area (Å²) in [6, 6.07) is 18.8. The SMILES string of the molecule is CCCCC1CC=C(c2ccc(-c3ccc(C4CCC(CCC)CC4)cc3)cc2)CC1. The van der Waals surface area contributed by atoms with Gasteiger partial charge in [0.2, 0.25) is 0 Å². The summed E-state index contributed by atoms with van der Waals surface area (Å²) in [6.07, 6.45) is 18.9. The fourth-order valence-electron chi connectivity index (χ4n) is 5.92. The summed E-state index contributed by atoms with van der Waals surface area (Å²) in [5, 5.41) is 0. The normalized spacial score (nSPS) is 24.1. The molecule has 1 unspecified atom stereocenters. The van der Waals surface area contributed by atoms with Crippen LogP contribution in [0.25, 0.3) is 16.7 Å². The topological polar surface area (TPSA) is 0 Å². The molecule has 0 amide bonds. The number of unbranched alkanes of at least 4 members (excludes halogenated alkanes) is 1. The molecule has 0 heteroatoms. The standard InChI is InChI=1S/C31H42/c1-3-5-7-25-10-14-27(15-11-25)29-18-22-31(23-19-29)30-20-16-28(17-21-30)26-12-8-24(6-4-2)9-13-26/h14,16-26H,3-13,15H2,1-2H3. The zero-order valence-electron chi connectivity index (χ0n) is 19.9. The van der Waals surface area contributed by atoms with E-state index in [-0.39, 0.29) is 0 Å². The highest BCUT2D eigenvalue weighted by Gasteiger charge is 2.21. The molecule has 0 bridgehead atoms. The number of hydrogen-bond donors (Lipinski definition) is 0. The average molecular weight is 415 g/mol. The molecular weight excluding hydrogens is 372 g/mol. The Morgan fingerprint density at radius 2 is 1.29 bits per heavy atom.